The van der Waals surface area contributed by atoms with Crippen LogP contribution in [0, 0.1) is 13.8 Å². The number of carbonyl (C=O) groups excluding carboxylic acids is 2. The van der Waals surface area contributed by atoms with Gasteiger partial charge in [-0.25, -0.2) is 0 Å². The van der Waals surface area contributed by atoms with Gasteiger partial charge in [0.25, 0.3) is 11.8 Å². The fourth-order valence-electron chi connectivity index (χ4n) is 3.30. The molecule has 1 fully saturated rings. The zero-order chi connectivity index (χ0) is 22.4. The molecule has 0 atom stereocenters. The molecule has 1 aliphatic rings. The summed E-state index contributed by atoms with van der Waals surface area (Å²) in [6, 6.07) is 10.6. The number of ether oxygens (including phenoxy) is 2. The number of aryl methyl sites for hydroxylation is 2. The number of benzene rings is 2. The van der Waals surface area contributed by atoms with Crippen molar-refractivity contribution in [2.45, 2.75) is 20.3 Å². The molecule has 0 aliphatic carbocycles. The largest absolute Gasteiger partial charge is 0.484 e. The lowest BCUT2D eigenvalue weighted by molar-refractivity contribution is -0.135. The summed E-state index contributed by atoms with van der Waals surface area (Å²) in [5.41, 5.74) is 1.79. The standard InChI is InChI=1S/C23H26Cl2N2O4/c1-16-12-18(4-6-20(16)24)30-14-22(28)26-8-3-9-27(11-10-26)23(29)15-31-19-5-7-21(25)17(2)13-19/h4-7,12-13H,3,8-11,14-15H2,1-2H3. The number of halogens is 2. The Kier molecular flexibility index (Phi) is 8.04. The Bertz CT molecular complexity index is 876. The zero-order valence-corrected chi connectivity index (χ0v) is 19.2. The molecule has 0 bridgehead atoms. The molecule has 1 aliphatic heterocycles. The van der Waals surface area contributed by atoms with Crippen molar-refractivity contribution in [3.05, 3.63) is 57.6 Å². The number of hydrogen-bond acceptors (Lipinski definition) is 4. The topological polar surface area (TPSA) is 59.1 Å². The second-order valence-electron chi connectivity index (χ2n) is 7.51. The maximum atomic E-state index is 12.6. The highest BCUT2D eigenvalue weighted by molar-refractivity contribution is 6.31. The summed E-state index contributed by atoms with van der Waals surface area (Å²) >= 11 is 12.0. The van der Waals surface area contributed by atoms with E-state index < -0.39 is 0 Å². The maximum Gasteiger partial charge on any atom is 0.260 e. The molecule has 3 rings (SSSR count). The van der Waals surface area contributed by atoms with Gasteiger partial charge in [0.05, 0.1) is 0 Å². The van der Waals surface area contributed by atoms with Gasteiger partial charge in [-0.15, -0.1) is 0 Å². The van der Waals surface area contributed by atoms with Crippen LogP contribution in [0.3, 0.4) is 0 Å². The Balaban J connectivity index is 1.46. The van der Waals surface area contributed by atoms with E-state index in [2.05, 4.69) is 0 Å². The van der Waals surface area contributed by atoms with Crippen LogP contribution in [0.4, 0.5) is 0 Å². The van der Waals surface area contributed by atoms with Gasteiger partial charge < -0.3 is 19.3 Å². The van der Waals surface area contributed by atoms with Crippen molar-refractivity contribution < 1.29 is 19.1 Å². The third-order valence-electron chi connectivity index (χ3n) is 5.18. The van der Waals surface area contributed by atoms with Crippen LogP contribution in [0.1, 0.15) is 17.5 Å². The smallest absolute Gasteiger partial charge is 0.260 e. The normalized spacial score (nSPS) is 14.2. The van der Waals surface area contributed by atoms with Crippen LogP contribution in [0.15, 0.2) is 36.4 Å². The minimum absolute atomic E-state index is 0.0476. The highest BCUT2D eigenvalue weighted by atomic mass is 35.5. The first kappa shape index (κ1) is 23.2. The van der Waals surface area contributed by atoms with E-state index in [0.717, 1.165) is 11.1 Å². The molecule has 166 valence electrons. The highest BCUT2D eigenvalue weighted by Gasteiger charge is 2.22. The maximum absolute atomic E-state index is 12.6. The van der Waals surface area contributed by atoms with Crippen molar-refractivity contribution in [3.8, 4) is 11.5 Å². The van der Waals surface area contributed by atoms with Crippen molar-refractivity contribution in [2.75, 3.05) is 39.4 Å². The third kappa shape index (κ3) is 6.52. The molecule has 31 heavy (non-hydrogen) atoms. The predicted molar refractivity (Wildman–Crippen MR) is 121 cm³/mol. The van der Waals surface area contributed by atoms with Gasteiger partial charge >= 0.3 is 0 Å². The average molecular weight is 465 g/mol. The monoisotopic (exact) mass is 464 g/mol. The molecule has 0 aromatic heterocycles. The van der Waals surface area contributed by atoms with Gasteiger partial charge in [-0.3, -0.25) is 9.59 Å². The van der Waals surface area contributed by atoms with E-state index in [9.17, 15) is 9.59 Å². The Hall–Kier alpha value is -2.44. The van der Waals surface area contributed by atoms with E-state index in [1.54, 1.807) is 46.2 Å². The average Bonchev–Trinajstić information content (AvgIpc) is 3.01. The number of nitrogens with zero attached hydrogens (tertiary/aromatic N) is 2. The molecule has 0 saturated carbocycles. The fraction of sp³-hybridized carbons (Fsp3) is 0.391. The third-order valence-corrected chi connectivity index (χ3v) is 6.03. The lowest BCUT2D eigenvalue weighted by Gasteiger charge is -2.22. The molecule has 1 saturated heterocycles. The number of hydrogen-bond donors (Lipinski definition) is 0. The molecule has 0 spiro atoms. The van der Waals surface area contributed by atoms with Crippen molar-refractivity contribution in [2.24, 2.45) is 0 Å². The summed E-state index contributed by atoms with van der Waals surface area (Å²) in [7, 11) is 0. The van der Waals surface area contributed by atoms with E-state index in [1.165, 1.54) is 0 Å². The van der Waals surface area contributed by atoms with E-state index >= 15 is 0 Å². The Morgan fingerprint density at radius 2 is 1.19 bits per heavy atom. The molecule has 0 N–H and O–H groups in total. The minimum Gasteiger partial charge on any atom is -0.484 e. The summed E-state index contributed by atoms with van der Waals surface area (Å²) in [5.74, 6) is 1.01. The summed E-state index contributed by atoms with van der Waals surface area (Å²) in [6.07, 6.45) is 0.706. The second-order valence-corrected chi connectivity index (χ2v) is 8.33. The minimum atomic E-state index is -0.102. The fourth-order valence-corrected chi connectivity index (χ4v) is 3.54. The molecule has 2 aromatic rings. The van der Waals surface area contributed by atoms with Crippen LogP contribution in [-0.2, 0) is 9.59 Å². The van der Waals surface area contributed by atoms with Gasteiger partial charge in [-0.2, -0.15) is 0 Å². The van der Waals surface area contributed by atoms with Crippen LogP contribution < -0.4 is 9.47 Å². The first-order valence-electron chi connectivity index (χ1n) is 10.2. The zero-order valence-electron chi connectivity index (χ0n) is 17.7. The van der Waals surface area contributed by atoms with Gasteiger partial charge in [0.2, 0.25) is 0 Å². The lowest BCUT2D eigenvalue weighted by atomic mass is 10.2. The first-order chi connectivity index (χ1) is 14.8. The summed E-state index contributed by atoms with van der Waals surface area (Å²) in [5, 5.41) is 1.32. The van der Waals surface area contributed by atoms with Crippen LogP contribution in [0.2, 0.25) is 10.0 Å². The van der Waals surface area contributed by atoms with Crippen molar-refractivity contribution in [1.82, 2.24) is 9.80 Å². The number of rotatable bonds is 6. The molecule has 8 heteroatoms. The highest BCUT2D eigenvalue weighted by Crippen LogP contribution is 2.22. The molecule has 0 unspecified atom stereocenters. The second kappa shape index (κ2) is 10.7. The van der Waals surface area contributed by atoms with Gasteiger partial charge in [0.15, 0.2) is 13.2 Å². The Morgan fingerprint density at radius 3 is 1.58 bits per heavy atom. The molecular formula is C23H26Cl2N2O4. The van der Waals surface area contributed by atoms with Gasteiger partial charge in [-0.05, 0) is 67.8 Å². The van der Waals surface area contributed by atoms with Crippen molar-refractivity contribution >= 4 is 35.0 Å². The summed E-state index contributed by atoms with van der Waals surface area (Å²) < 4.78 is 11.2. The Labute approximate surface area is 192 Å². The summed E-state index contributed by atoms with van der Waals surface area (Å²) in [6.45, 7) is 5.78. The van der Waals surface area contributed by atoms with Crippen molar-refractivity contribution in [3.63, 3.8) is 0 Å². The first-order valence-corrected chi connectivity index (χ1v) is 10.9. The molecule has 6 nitrogen and oxygen atoms in total. The molecule has 1 heterocycles. The molecule has 2 amide bonds. The van der Waals surface area contributed by atoms with E-state index in [0.29, 0.717) is 54.1 Å². The van der Waals surface area contributed by atoms with Crippen LogP contribution in [0.5, 0.6) is 11.5 Å². The number of carbonyl (C=O) groups is 2. The quantitative estimate of drug-likeness (QED) is 0.644. The van der Waals surface area contributed by atoms with Crippen LogP contribution >= 0.6 is 23.2 Å². The lowest BCUT2D eigenvalue weighted by Crippen LogP contribution is -2.40. The summed E-state index contributed by atoms with van der Waals surface area (Å²) in [4.78, 5) is 28.6. The van der Waals surface area contributed by atoms with Crippen LogP contribution in [-0.4, -0.2) is 61.0 Å². The Morgan fingerprint density at radius 1 is 0.774 bits per heavy atom. The van der Waals surface area contributed by atoms with E-state index in [-0.39, 0.29) is 25.0 Å². The molecule has 0 radical (unpaired) electrons. The van der Waals surface area contributed by atoms with Crippen molar-refractivity contribution in [1.29, 1.82) is 0 Å². The molecular weight excluding hydrogens is 439 g/mol. The number of amides is 2. The van der Waals surface area contributed by atoms with Gasteiger partial charge in [0.1, 0.15) is 11.5 Å². The van der Waals surface area contributed by atoms with Crippen LogP contribution in [0.25, 0.3) is 0 Å². The predicted octanol–water partition coefficient (Wildman–Crippen LogP) is 4.13. The van der Waals surface area contributed by atoms with Gasteiger partial charge in [-0.1, -0.05) is 23.2 Å². The van der Waals surface area contributed by atoms with E-state index in [1.807, 2.05) is 13.8 Å². The van der Waals surface area contributed by atoms with Gasteiger partial charge in [0, 0.05) is 36.2 Å². The van der Waals surface area contributed by atoms with E-state index in [4.69, 9.17) is 32.7 Å². The SMILES string of the molecule is Cc1cc(OCC(=O)N2CCCN(C(=O)COc3ccc(Cl)c(C)c3)CC2)ccc1Cl. The molecule has 2 aromatic carbocycles.